The second-order valence-electron chi connectivity index (χ2n) is 7.84. The number of rotatable bonds is 6. The fourth-order valence-electron chi connectivity index (χ4n) is 4.08. The summed E-state index contributed by atoms with van der Waals surface area (Å²) in [5.74, 6) is 0.851. The number of carbonyl (C=O) groups is 1. The Morgan fingerprint density at radius 3 is 2.72 bits per heavy atom. The third-order valence-corrected chi connectivity index (χ3v) is 5.73. The molecule has 1 aliphatic heterocycles. The first-order valence-corrected chi connectivity index (χ1v) is 10.8. The zero-order valence-electron chi connectivity index (χ0n) is 17.6. The maximum Gasteiger partial charge on any atom is 0.254 e. The van der Waals surface area contributed by atoms with E-state index in [4.69, 9.17) is 4.98 Å². The van der Waals surface area contributed by atoms with Crippen molar-refractivity contribution in [1.29, 1.82) is 0 Å². The lowest BCUT2D eigenvalue weighted by molar-refractivity contribution is 0.0733. The Bertz CT molecular complexity index is 1170. The van der Waals surface area contributed by atoms with Crippen LogP contribution in [-0.2, 0) is 6.54 Å². The first kappa shape index (κ1) is 19.9. The molecule has 0 aliphatic carbocycles. The van der Waals surface area contributed by atoms with E-state index in [-0.39, 0.29) is 11.9 Å². The van der Waals surface area contributed by atoms with E-state index in [1.165, 1.54) is 0 Å². The molecule has 7 nitrogen and oxygen atoms in total. The third-order valence-electron chi connectivity index (χ3n) is 5.73. The van der Waals surface area contributed by atoms with Gasteiger partial charge in [0.1, 0.15) is 12.1 Å². The number of amides is 1. The number of hydrogen-bond acceptors (Lipinski definition) is 5. The van der Waals surface area contributed by atoms with Crippen LogP contribution in [0.2, 0.25) is 0 Å². The highest BCUT2D eigenvalue weighted by molar-refractivity contribution is 5.95. The van der Waals surface area contributed by atoms with Crippen molar-refractivity contribution in [3.05, 3.63) is 103 Å². The van der Waals surface area contributed by atoms with E-state index in [1.807, 2.05) is 76.5 Å². The second kappa shape index (κ2) is 9.01. The van der Waals surface area contributed by atoms with E-state index in [0.29, 0.717) is 12.1 Å². The summed E-state index contributed by atoms with van der Waals surface area (Å²) in [5.41, 5.74) is 3.68. The maximum atomic E-state index is 13.3. The average molecular weight is 425 g/mol. The number of nitrogens with one attached hydrogen (secondary N) is 1. The topological polar surface area (TPSA) is 75.9 Å². The van der Waals surface area contributed by atoms with Crippen molar-refractivity contribution in [3.63, 3.8) is 0 Å². The minimum absolute atomic E-state index is 0.0191. The molecule has 0 spiro atoms. The highest BCUT2D eigenvalue weighted by atomic mass is 16.2. The monoisotopic (exact) mass is 424 g/mol. The first-order chi connectivity index (χ1) is 15.8. The number of nitrogens with zero attached hydrogens (tertiary/aromatic N) is 5. The Balaban J connectivity index is 1.29. The summed E-state index contributed by atoms with van der Waals surface area (Å²) < 4.78 is 1.88. The Kier molecular flexibility index (Phi) is 5.61. The van der Waals surface area contributed by atoms with Gasteiger partial charge >= 0.3 is 0 Å². The summed E-state index contributed by atoms with van der Waals surface area (Å²) in [6, 6.07) is 17.5. The van der Waals surface area contributed by atoms with Crippen molar-refractivity contribution < 1.29 is 4.79 Å². The van der Waals surface area contributed by atoms with Crippen LogP contribution >= 0.6 is 0 Å². The number of pyridine rings is 2. The van der Waals surface area contributed by atoms with Gasteiger partial charge < -0.3 is 10.2 Å². The van der Waals surface area contributed by atoms with Crippen molar-refractivity contribution in [2.75, 3.05) is 11.9 Å². The van der Waals surface area contributed by atoms with Crippen LogP contribution in [0.25, 0.3) is 5.82 Å². The van der Waals surface area contributed by atoms with Gasteiger partial charge in [-0.15, -0.1) is 0 Å². The van der Waals surface area contributed by atoms with Crippen LogP contribution in [-0.4, -0.2) is 36.9 Å². The minimum atomic E-state index is -0.0191. The second-order valence-corrected chi connectivity index (χ2v) is 7.84. The molecule has 1 atom stereocenters. The molecule has 1 amide bonds. The van der Waals surface area contributed by atoms with Gasteiger partial charge in [-0.1, -0.05) is 12.1 Å². The molecular weight excluding hydrogens is 400 g/mol. The number of likely N-dealkylation sites (tertiary alicyclic amines) is 1. The van der Waals surface area contributed by atoms with Crippen molar-refractivity contribution in [2.24, 2.45) is 0 Å². The number of anilines is 1. The Labute approximate surface area is 186 Å². The number of benzene rings is 1. The minimum Gasteiger partial charge on any atom is -0.381 e. The Morgan fingerprint density at radius 1 is 1.03 bits per heavy atom. The van der Waals surface area contributed by atoms with E-state index < -0.39 is 0 Å². The SMILES string of the molecule is O=C(c1ccc(NCc2cccnc2)cc1)N1CCCC1c1cccc(-n2ccnc2)n1. The van der Waals surface area contributed by atoms with E-state index in [2.05, 4.69) is 15.3 Å². The molecule has 0 radical (unpaired) electrons. The zero-order chi connectivity index (χ0) is 21.8. The van der Waals surface area contributed by atoms with Gasteiger partial charge in [-0.05, 0) is 60.9 Å². The van der Waals surface area contributed by atoms with Crippen molar-refractivity contribution in [3.8, 4) is 5.82 Å². The van der Waals surface area contributed by atoms with Gasteiger partial charge in [-0.2, -0.15) is 0 Å². The summed E-state index contributed by atoms with van der Waals surface area (Å²) in [6.45, 7) is 1.43. The Hall–Kier alpha value is -4.00. The smallest absolute Gasteiger partial charge is 0.254 e. The zero-order valence-corrected chi connectivity index (χ0v) is 17.6. The quantitative estimate of drug-likeness (QED) is 0.501. The first-order valence-electron chi connectivity index (χ1n) is 10.8. The van der Waals surface area contributed by atoms with Crippen LogP contribution < -0.4 is 5.32 Å². The standard InChI is InChI=1S/C25H24N6O/c32-25(20-8-10-21(11-9-20)28-17-19-4-2-12-26-16-19)31-14-3-6-23(31)22-5-1-7-24(29-22)30-15-13-27-18-30/h1-2,4-5,7-13,15-16,18,23,28H,3,6,14,17H2. The van der Waals surface area contributed by atoms with E-state index >= 15 is 0 Å². The summed E-state index contributed by atoms with van der Waals surface area (Å²) >= 11 is 0. The molecule has 1 aromatic carbocycles. The molecule has 7 heteroatoms. The van der Waals surface area contributed by atoms with Gasteiger partial charge in [0.2, 0.25) is 0 Å². The average Bonchev–Trinajstić information content (AvgIpc) is 3.56. The molecule has 4 heterocycles. The highest BCUT2D eigenvalue weighted by Gasteiger charge is 2.31. The molecule has 1 fully saturated rings. The fraction of sp³-hybridized carbons (Fsp3) is 0.200. The van der Waals surface area contributed by atoms with E-state index in [0.717, 1.165) is 42.1 Å². The number of imidazole rings is 1. The van der Waals surface area contributed by atoms with Crippen molar-refractivity contribution >= 4 is 11.6 Å². The fourth-order valence-corrected chi connectivity index (χ4v) is 4.08. The van der Waals surface area contributed by atoms with Gasteiger partial charge in [-0.3, -0.25) is 14.3 Å². The summed E-state index contributed by atoms with van der Waals surface area (Å²) in [4.78, 5) is 28.3. The lowest BCUT2D eigenvalue weighted by atomic mass is 10.1. The summed E-state index contributed by atoms with van der Waals surface area (Å²) in [6.07, 6.45) is 10.8. The molecule has 160 valence electrons. The normalized spacial score (nSPS) is 15.6. The van der Waals surface area contributed by atoms with Crippen LogP contribution in [0.1, 0.15) is 40.5 Å². The van der Waals surface area contributed by atoms with Gasteiger partial charge in [0, 0.05) is 49.1 Å². The van der Waals surface area contributed by atoms with Gasteiger partial charge in [0.05, 0.1) is 11.7 Å². The predicted octanol–water partition coefficient (Wildman–Crippen LogP) is 4.25. The largest absolute Gasteiger partial charge is 0.381 e. The molecule has 3 aromatic heterocycles. The number of aromatic nitrogens is 4. The molecule has 5 rings (SSSR count). The molecule has 1 unspecified atom stereocenters. The molecule has 0 bridgehead atoms. The van der Waals surface area contributed by atoms with E-state index in [1.54, 1.807) is 18.7 Å². The van der Waals surface area contributed by atoms with Crippen LogP contribution in [0.3, 0.4) is 0 Å². The maximum absolute atomic E-state index is 13.3. The third kappa shape index (κ3) is 4.23. The molecule has 0 saturated carbocycles. The Morgan fingerprint density at radius 2 is 1.94 bits per heavy atom. The molecule has 32 heavy (non-hydrogen) atoms. The van der Waals surface area contributed by atoms with Gasteiger partial charge in [-0.25, -0.2) is 9.97 Å². The lowest BCUT2D eigenvalue weighted by Gasteiger charge is -2.25. The molecule has 4 aromatic rings. The molecule has 1 N–H and O–H groups in total. The molecule has 1 saturated heterocycles. The van der Waals surface area contributed by atoms with Gasteiger partial charge in [0.15, 0.2) is 0 Å². The van der Waals surface area contributed by atoms with Crippen LogP contribution in [0, 0.1) is 0 Å². The summed E-state index contributed by atoms with van der Waals surface area (Å²) in [5, 5.41) is 3.37. The summed E-state index contributed by atoms with van der Waals surface area (Å²) in [7, 11) is 0. The van der Waals surface area contributed by atoms with Crippen LogP contribution in [0.4, 0.5) is 5.69 Å². The highest BCUT2D eigenvalue weighted by Crippen LogP contribution is 2.32. The van der Waals surface area contributed by atoms with Crippen LogP contribution in [0.15, 0.2) is 85.7 Å². The van der Waals surface area contributed by atoms with Crippen molar-refractivity contribution in [1.82, 2.24) is 24.4 Å². The van der Waals surface area contributed by atoms with Crippen LogP contribution in [0.5, 0.6) is 0 Å². The van der Waals surface area contributed by atoms with Crippen molar-refractivity contribution in [2.45, 2.75) is 25.4 Å². The molecular formula is C25H24N6O. The number of hydrogen-bond donors (Lipinski definition) is 1. The van der Waals surface area contributed by atoms with Gasteiger partial charge in [0.25, 0.3) is 5.91 Å². The predicted molar refractivity (Wildman–Crippen MR) is 122 cm³/mol. The number of carbonyl (C=O) groups excluding carboxylic acids is 1. The lowest BCUT2D eigenvalue weighted by Crippen LogP contribution is -2.31. The molecule has 1 aliphatic rings. The van der Waals surface area contributed by atoms with E-state index in [9.17, 15) is 4.79 Å².